The first-order valence-electron chi connectivity index (χ1n) is 5.74. The summed E-state index contributed by atoms with van der Waals surface area (Å²) in [7, 11) is 0. The molecule has 0 atom stereocenters. The van der Waals surface area contributed by atoms with Gasteiger partial charge in [-0.25, -0.2) is 4.79 Å². The Morgan fingerprint density at radius 3 is 2.67 bits per heavy atom. The van der Waals surface area contributed by atoms with E-state index in [0.29, 0.717) is 11.6 Å². The van der Waals surface area contributed by atoms with Gasteiger partial charge in [0.2, 0.25) is 0 Å². The SMILES string of the molecule is CCn1c(C(=O)O)ccc1-c1cc(C)ccc1Cl. The maximum Gasteiger partial charge on any atom is 0.352 e. The summed E-state index contributed by atoms with van der Waals surface area (Å²) < 4.78 is 1.75. The summed E-state index contributed by atoms with van der Waals surface area (Å²) >= 11 is 6.19. The van der Waals surface area contributed by atoms with Gasteiger partial charge >= 0.3 is 5.97 Å². The lowest BCUT2D eigenvalue weighted by Crippen LogP contribution is -2.08. The van der Waals surface area contributed by atoms with Crippen LogP contribution in [0.4, 0.5) is 0 Å². The molecule has 2 rings (SSSR count). The van der Waals surface area contributed by atoms with Crippen LogP contribution in [0, 0.1) is 6.92 Å². The van der Waals surface area contributed by atoms with E-state index in [2.05, 4.69) is 0 Å². The summed E-state index contributed by atoms with van der Waals surface area (Å²) in [4.78, 5) is 11.1. The lowest BCUT2D eigenvalue weighted by atomic mass is 10.1. The van der Waals surface area contributed by atoms with E-state index in [-0.39, 0.29) is 5.69 Å². The van der Waals surface area contributed by atoms with Crippen molar-refractivity contribution < 1.29 is 9.90 Å². The first-order chi connectivity index (χ1) is 8.54. The minimum Gasteiger partial charge on any atom is -0.477 e. The molecular weight excluding hydrogens is 250 g/mol. The minimum atomic E-state index is -0.924. The zero-order chi connectivity index (χ0) is 13.3. The Morgan fingerprint density at radius 1 is 1.33 bits per heavy atom. The fraction of sp³-hybridized carbons (Fsp3) is 0.214. The highest BCUT2D eigenvalue weighted by molar-refractivity contribution is 6.33. The second-order valence-electron chi connectivity index (χ2n) is 4.14. The van der Waals surface area contributed by atoms with Gasteiger partial charge in [-0.2, -0.15) is 0 Å². The molecule has 1 N–H and O–H groups in total. The van der Waals surface area contributed by atoms with Crippen LogP contribution in [0.1, 0.15) is 23.0 Å². The molecular formula is C14H14ClNO2. The Bertz CT molecular complexity index is 602. The van der Waals surface area contributed by atoms with Gasteiger partial charge in [-0.3, -0.25) is 0 Å². The number of carbonyl (C=O) groups is 1. The van der Waals surface area contributed by atoms with Crippen molar-refractivity contribution in [2.75, 3.05) is 0 Å². The third kappa shape index (κ3) is 2.14. The van der Waals surface area contributed by atoms with E-state index in [0.717, 1.165) is 16.8 Å². The van der Waals surface area contributed by atoms with Crippen LogP contribution in [0.15, 0.2) is 30.3 Å². The predicted octanol–water partition coefficient (Wildman–Crippen LogP) is 3.84. The number of aromatic carboxylic acids is 1. The van der Waals surface area contributed by atoms with E-state index >= 15 is 0 Å². The fourth-order valence-electron chi connectivity index (χ4n) is 2.07. The van der Waals surface area contributed by atoms with E-state index in [9.17, 15) is 4.79 Å². The molecule has 0 amide bonds. The normalized spacial score (nSPS) is 10.6. The summed E-state index contributed by atoms with van der Waals surface area (Å²) in [5.74, 6) is -0.924. The number of hydrogen-bond donors (Lipinski definition) is 1. The molecule has 2 aromatic rings. The van der Waals surface area contributed by atoms with Crippen molar-refractivity contribution in [3.05, 3.63) is 46.6 Å². The smallest absolute Gasteiger partial charge is 0.352 e. The number of hydrogen-bond acceptors (Lipinski definition) is 1. The third-order valence-corrected chi connectivity index (χ3v) is 3.24. The van der Waals surface area contributed by atoms with Crippen molar-refractivity contribution in [2.45, 2.75) is 20.4 Å². The minimum absolute atomic E-state index is 0.282. The molecule has 0 radical (unpaired) electrons. The quantitative estimate of drug-likeness (QED) is 0.914. The summed E-state index contributed by atoms with van der Waals surface area (Å²) in [6, 6.07) is 9.14. The Labute approximate surface area is 111 Å². The van der Waals surface area contributed by atoms with Crippen LogP contribution >= 0.6 is 11.6 Å². The van der Waals surface area contributed by atoms with Crippen LogP contribution in [0.3, 0.4) is 0 Å². The Balaban J connectivity index is 2.64. The maximum atomic E-state index is 11.1. The van der Waals surface area contributed by atoms with E-state index in [1.807, 2.05) is 32.0 Å². The van der Waals surface area contributed by atoms with Crippen molar-refractivity contribution in [3.63, 3.8) is 0 Å². The van der Waals surface area contributed by atoms with E-state index in [1.165, 1.54) is 0 Å². The molecule has 0 bridgehead atoms. The second-order valence-corrected chi connectivity index (χ2v) is 4.54. The molecule has 0 saturated heterocycles. The maximum absolute atomic E-state index is 11.1. The van der Waals surface area contributed by atoms with Crippen LogP contribution in [0.25, 0.3) is 11.3 Å². The van der Waals surface area contributed by atoms with Gasteiger partial charge in [-0.05, 0) is 38.1 Å². The van der Waals surface area contributed by atoms with Gasteiger partial charge in [-0.15, -0.1) is 0 Å². The molecule has 1 heterocycles. The summed E-state index contributed by atoms with van der Waals surface area (Å²) in [5.41, 5.74) is 3.08. The number of carboxylic acid groups (broad SMARTS) is 1. The van der Waals surface area contributed by atoms with Gasteiger partial charge in [0.1, 0.15) is 5.69 Å². The topological polar surface area (TPSA) is 42.2 Å². The van der Waals surface area contributed by atoms with Gasteiger partial charge < -0.3 is 9.67 Å². The highest BCUT2D eigenvalue weighted by atomic mass is 35.5. The van der Waals surface area contributed by atoms with Crippen molar-refractivity contribution >= 4 is 17.6 Å². The zero-order valence-corrected chi connectivity index (χ0v) is 11.0. The molecule has 1 aromatic carbocycles. The molecule has 0 fully saturated rings. The lowest BCUT2D eigenvalue weighted by Gasteiger charge is -2.11. The van der Waals surface area contributed by atoms with E-state index in [4.69, 9.17) is 16.7 Å². The molecule has 0 saturated carbocycles. The van der Waals surface area contributed by atoms with Crippen LogP contribution in [0.5, 0.6) is 0 Å². The molecule has 0 aliphatic rings. The van der Waals surface area contributed by atoms with Gasteiger partial charge in [-0.1, -0.05) is 23.2 Å². The number of halogens is 1. The van der Waals surface area contributed by atoms with Crippen molar-refractivity contribution in [1.82, 2.24) is 4.57 Å². The number of carboxylic acids is 1. The van der Waals surface area contributed by atoms with Crippen LogP contribution in [-0.2, 0) is 6.54 Å². The monoisotopic (exact) mass is 263 g/mol. The molecule has 3 nitrogen and oxygen atoms in total. The fourth-order valence-corrected chi connectivity index (χ4v) is 2.28. The van der Waals surface area contributed by atoms with Gasteiger partial charge in [0.25, 0.3) is 0 Å². The zero-order valence-electron chi connectivity index (χ0n) is 10.3. The Morgan fingerprint density at radius 2 is 2.06 bits per heavy atom. The summed E-state index contributed by atoms with van der Waals surface area (Å²) in [6.07, 6.45) is 0. The Kier molecular flexibility index (Phi) is 3.43. The number of rotatable bonds is 3. The van der Waals surface area contributed by atoms with Gasteiger partial charge in [0, 0.05) is 17.1 Å². The van der Waals surface area contributed by atoms with E-state index < -0.39 is 5.97 Å². The summed E-state index contributed by atoms with van der Waals surface area (Å²) in [6.45, 7) is 4.49. The van der Waals surface area contributed by atoms with Gasteiger partial charge in [0.15, 0.2) is 0 Å². The number of benzene rings is 1. The number of nitrogens with zero attached hydrogens (tertiary/aromatic N) is 1. The van der Waals surface area contributed by atoms with Crippen LogP contribution in [-0.4, -0.2) is 15.6 Å². The van der Waals surface area contributed by atoms with Crippen molar-refractivity contribution in [3.8, 4) is 11.3 Å². The van der Waals surface area contributed by atoms with Crippen molar-refractivity contribution in [2.24, 2.45) is 0 Å². The second kappa shape index (κ2) is 4.86. The molecule has 94 valence electrons. The average molecular weight is 264 g/mol. The first kappa shape index (κ1) is 12.7. The van der Waals surface area contributed by atoms with E-state index in [1.54, 1.807) is 16.7 Å². The molecule has 0 spiro atoms. The number of aryl methyl sites for hydroxylation is 1. The number of aromatic nitrogens is 1. The largest absolute Gasteiger partial charge is 0.477 e. The van der Waals surface area contributed by atoms with Crippen molar-refractivity contribution in [1.29, 1.82) is 0 Å². The molecule has 18 heavy (non-hydrogen) atoms. The Hall–Kier alpha value is -1.74. The standard InChI is InChI=1S/C14H14ClNO2/c1-3-16-12(6-7-13(16)14(17)18)10-8-9(2)4-5-11(10)15/h4-8H,3H2,1-2H3,(H,17,18). The third-order valence-electron chi connectivity index (χ3n) is 2.91. The average Bonchev–Trinajstić information content (AvgIpc) is 2.75. The van der Waals surface area contributed by atoms with Gasteiger partial charge in [0.05, 0.1) is 5.69 Å². The first-order valence-corrected chi connectivity index (χ1v) is 6.11. The molecule has 1 aromatic heterocycles. The molecule has 4 heteroatoms. The van der Waals surface area contributed by atoms with Crippen LogP contribution < -0.4 is 0 Å². The lowest BCUT2D eigenvalue weighted by molar-refractivity contribution is 0.0685. The summed E-state index contributed by atoms with van der Waals surface area (Å²) in [5, 5.41) is 9.76. The highest BCUT2D eigenvalue weighted by Crippen LogP contribution is 2.30. The molecule has 0 aliphatic heterocycles. The molecule has 0 unspecified atom stereocenters. The predicted molar refractivity (Wildman–Crippen MR) is 72.2 cm³/mol. The van der Waals surface area contributed by atoms with Crippen LogP contribution in [0.2, 0.25) is 5.02 Å². The molecule has 0 aliphatic carbocycles. The highest BCUT2D eigenvalue weighted by Gasteiger charge is 2.15.